The molecule has 0 radical (unpaired) electrons. The standard InChI is InChI=1S/C58H111NO8/c1-3-5-7-9-11-13-15-17-18-19-20-21-22-23-24-25-26-27-28-29-30-31-32-33-34-36-38-40-42-44-46-48-54(62)59-51(50-66-58-57(65)56(64)55(63)53(49-60)67-58)52(61)47-45-43-41-39-37-35-16-14-12-10-8-6-4-2/h37,39,45,47,51-53,55-58,60-61,63-65H,3-36,38,40-44,46,48-50H2,1-2H3,(H,59,62)/b39-37+,47-45+. The minimum Gasteiger partial charge on any atom is -0.394 e. The number of amides is 1. The van der Waals surface area contributed by atoms with E-state index in [-0.39, 0.29) is 12.5 Å². The van der Waals surface area contributed by atoms with E-state index in [0.717, 1.165) is 38.5 Å². The molecule has 9 heteroatoms. The summed E-state index contributed by atoms with van der Waals surface area (Å²) in [5.74, 6) is -0.182. The van der Waals surface area contributed by atoms with Crippen LogP contribution in [-0.4, -0.2) is 87.5 Å². The Morgan fingerprint density at radius 1 is 0.493 bits per heavy atom. The van der Waals surface area contributed by atoms with Crippen LogP contribution in [0.15, 0.2) is 24.3 Å². The predicted molar refractivity (Wildman–Crippen MR) is 281 cm³/mol. The van der Waals surface area contributed by atoms with Crippen molar-refractivity contribution in [2.75, 3.05) is 13.2 Å². The van der Waals surface area contributed by atoms with E-state index in [2.05, 4.69) is 31.3 Å². The summed E-state index contributed by atoms with van der Waals surface area (Å²) in [4.78, 5) is 13.0. The van der Waals surface area contributed by atoms with Crippen LogP contribution in [0.4, 0.5) is 0 Å². The van der Waals surface area contributed by atoms with Gasteiger partial charge in [-0.05, 0) is 32.1 Å². The molecule has 1 amide bonds. The van der Waals surface area contributed by atoms with Crippen LogP contribution in [0.3, 0.4) is 0 Å². The molecule has 1 rings (SSSR count). The first-order valence-corrected chi connectivity index (χ1v) is 29.1. The summed E-state index contributed by atoms with van der Waals surface area (Å²) in [6, 6.07) is -0.817. The first kappa shape index (κ1) is 63.7. The van der Waals surface area contributed by atoms with Crippen molar-refractivity contribution < 1.29 is 39.8 Å². The monoisotopic (exact) mass is 950 g/mol. The summed E-state index contributed by atoms with van der Waals surface area (Å²) in [6.45, 7) is 3.78. The van der Waals surface area contributed by atoms with E-state index in [4.69, 9.17) is 9.47 Å². The molecular formula is C58H111NO8. The third kappa shape index (κ3) is 38.1. The Morgan fingerprint density at radius 3 is 1.25 bits per heavy atom. The van der Waals surface area contributed by atoms with Crippen molar-refractivity contribution in [3.8, 4) is 0 Å². The van der Waals surface area contributed by atoms with Crippen molar-refractivity contribution in [3.05, 3.63) is 24.3 Å². The Morgan fingerprint density at radius 2 is 0.851 bits per heavy atom. The van der Waals surface area contributed by atoms with Gasteiger partial charge in [-0.1, -0.05) is 269 Å². The zero-order valence-electron chi connectivity index (χ0n) is 43.9. The lowest BCUT2D eigenvalue weighted by atomic mass is 9.99. The van der Waals surface area contributed by atoms with Crippen molar-refractivity contribution in [1.29, 1.82) is 0 Å². The van der Waals surface area contributed by atoms with Gasteiger partial charge in [0.2, 0.25) is 5.91 Å². The topological polar surface area (TPSA) is 149 Å². The normalized spacial score (nSPS) is 19.8. The first-order valence-electron chi connectivity index (χ1n) is 29.1. The van der Waals surface area contributed by atoms with Crippen molar-refractivity contribution in [2.24, 2.45) is 0 Å². The third-order valence-corrected chi connectivity index (χ3v) is 14.0. The molecule has 0 aromatic heterocycles. The van der Waals surface area contributed by atoms with Crippen LogP contribution in [0.1, 0.15) is 284 Å². The van der Waals surface area contributed by atoms with Gasteiger partial charge in [-0.2, -0.15) is 0 Å². The van der Waals surface area contributed by atoms with Gasteiger partial charge in [-0.15, -0.1) is 0 Å². The number of unbranched alkanes of at least 4 members (excludes halogenated alkanes) is 38. The van der Waals surface area contributed by atoms with Gasteiger partial charge < -0.3 is 40.3 Å². The van der Waals surface area contributed by atoms with E-state index in [0.29, 0.717) is 6.42 Å². The summed E-state index contributed by atoms with van der Waals surface area (Å²) in [5, 5.41) is 54.3. The second-order valence-corrected chi connectivity index (χ2v) is 20.4. The summed E-state index contributed by atoms with van der Waals surface area (Å²) in [5.41, 5.74) is 0. The Hall–Kier alpha value is -1.33. The van der Waals surface area contributed by atoms with E-state index in [1.165, 1.54) is 225 Å². The van der Waals surface area contributed by atoms with Crippen LogP contribution in [0.25, 0.3) is 0 Å². The highest BCUT2D eigenvalue weighted by molar-refractivity contribution is 5.76. The molecule has 0 aliphatic carbocycles. The molecule has 1 heterocycles. The smallest absolute Gasteiger partial charge is 0.220 e. The van der Waals surface area contributed by atoms with Crippen molar-refractivity contribution >= 4 is 5.91 Å². The number of nitrogens with one attached hydrogen (secondary N) is 1. The van der Waals surface area contributed by atoms with Crippen LogP contribution >= 0.6 is 0 Å². The van der Waals surface area contributed by atoms with Crippen molar-refractivity contribution in [3.63, 3.8) is 0 Å². The predicted octanol–water partition coefficient (Wildman–Crippen LogP) is 14.2. The summed E-state index contributed by atoms with van der Waals surface area (Å²) >= 11 is 0. The van der Waals surface area contributed by atoms with Crippen molar-refractivity contribution in [2.45, 2.75) is 326 Å². The quantitative estimate of drug-likeness (QED) is 0.0261. The molecule has 0 aromatic rings. The lowest BCUT2D eigenvalue weighted by Gasteiger charge is -2.40. The lowest BCUT2D eigenvalue weighted by Crippen LogP contribution is -2.60. The average Bonchev–Trinajstić information content (AvgIpc) is 3.33. The molecule has 7 atom stereocenters. The number of aliphatic hydroxyl groups excluding tert-OH is 5. The van der Waals surface area contributed by atoms with Gasteiger partial charge in [-0.25, -0.2) is 0 Å². The molecule has 6 N–H and O–H groups in total. The Labute approximate surface area is 413 Å². The molecule has 0 bridgehead atoms. The highest BCUT2D eigenvalue weighted by Gasteiger charge is 2.44. The zero-order chi connectivity index (χ0) is 48.7. The highest BCUT2D eigenvalue weighted by Crippen LogP contribution is 2.23. The molecule has 1 saturated heterocycles. The second-order valence-electron chi connectivity index (χ2n) is 20.4. The molecule has 67 heavy (non-hydrogen) atoms. The third-order valence-electron chi connectivity index (χ3n) is 14.0. The van der Waals surface area contributed by atoms with Crippen molar-refractivity contribution in [1.82, 2.24) is 5.32 Å². The fourth-order valence-corrected chi connectivity index (χ4v) is 9.41. The van der Waals surface area contributed by atoms with E-state index in [9.17, 15) is 30.3 Å². The summed E-state index contributed by atoms with van der Waals surface area (Å²) < 4.78 is 11.2. The van der Waals surface area contributed by atoms with Crippen LogP contribution in [0.5, 0.6) is 0 Å². The lowest BCUT2D eigenvalue weighted by molar-refractivity contribution is -0.302. The van der Waals surface area contributed by atoms with Gasteiger partial charge in [0.25, 0.3) is 0 Å². The molecule has 1 fully saturated rings. The fourth-order valence-electron chi connectivity index (χ4n) is 9.41. The fraction of sp³-hybridized carbons (Fsp3) is 0.914. The maximum Gasteiger partial charge on any atom is 0.220 e. The average molecular weight is 951 g/mol. The Kier molecular flexibility index (Phi) is 45.9. The van der Waals surface area contributed by atoms with Crippen LogP contribution < -0.4 is 5.32 Å². The van der Waals surface area contributed by atoms with Gasteiger partial charge in [-0.3, -0.25) is 4.79 Å². The minimum atomic E-state index is -1.57. The maximum atomic E-state index is 13.0. The molecule has 396 valence electrons. The summed E-state index contributed by atoms with van der Waals surface area (Å²) in [7, 11) is 0. The molecule has 1 aliphatic heterocycles. The van der Waals surface area contributed by atoms with E-state index in [1.807, 2.05) is 6.08 Å². The van der Waals surface area contributed by atoms with Gasteiger partial charge in [0, 0.05) is 6.42 Å². The molecule has 0 aromatic carbocycles. The highest BCUT2D eigenvalue weighted by atomic mass is 16.7. The van der Waals surface area contributed by atoms with Gasteiger partial charge >= 0.3 is 0 Å². The minimum absolute atomic E-state index is 0.182. The Bertz CT molecular complexity index is 1100. The van der Waals surface area contributed by atoms with E-state index >= 15 is 0 Å². The van der Waals surface area contributed by atoms with Crippen LogP contribution in [0.2, 0.25) is 0 Å². The number of carbonyl (C=O) groups is 1. The molecule has 7 unspecified atom stereocenters. The number of aliphatic hydroxyl groups is 5. The number of ether oxygens (including phenoxy) is 2. The largest absolute Gasteiger partial charge is 0.394 e. The van der Waals surface area contributed by atoms with Gasteiger partial charge in [0.15, 0.2) is 6.29 Å². The van der Waals surface area contributed by atoms with Crippen LogP contribution in [0, 0.1) is 0 Å². The zero-order valence-corrected chi connectivity index (χ0v) is 43.9. The summed E-state index contributed by atoms with van der Waals surface area (Å²) in [6.07, 6.45) is 54.1. The maximum absolute atomic E-state index is 13.0. The number of allylic oxidation sites excluding steroid dienone is 3. The number of hydrogen-bond acceptors (Lipinski definition) is 8. The Balaban J connectivity index is 2.12. The molecule has 0 spiro atoms. The van der Waals surface area contributed by atoms with E-state index in [1.54, 1.807) is 6.08 Å². The van der Waals surface area contributed by atoms with Crippen LogP contribution in [-0.2, 0) is 14.3 Å². The molecule has 0 saturated carbocycles. The van der Waals surface area contributed by atoms with Gasteiger partial charge in [0.05, 0.1) is 25.4 Å². The SMILES string of the molecule is CCCCCCCCC/C=C/CC/C=C/C(O)C(COC1OC(CO)C(O)C(O)C1O)NC(=O)CCCCCCCCCCCCCCCCCCCCCCCCCCCCCCCCC. The first-order chi connectivity index (χ1) is 32.8. The van der Waals surface area contributed by atoms with Gasteiger partial charge in [0.1, 0.15) is 24.4 Å². The number of rotatable bonds is 50. The van der Waals surface area contributed by atoms with E-state index < -0.39 is 49.5 Å². The molecular weight excluding hydrogens is 839 g/mol. The molecule has 1 aliphatic rings. The number of carbonyl (C=O) groups excluding carboxylic acids is 1. The second kappa shape index (κ2) is 48.3. The molecule has 9 nitrogen and oxygen atoms in total. The number of hydrogen-bond donors (Lipinski definition) is 6.